The fourth-order valence-corrected chi connectivity index (χ4v) is 3.34. The molecule has 0 aliphatic carbocycles. The van der Waals surface area contributed by atoms with Crippen molar-refractivity contribution in [2.24, 2.45) is 12.9 Å². The number of anilines is 2. The molecule has 2 N–H and O–H groups in total. The highest BCUT2D eigenvalue weighted by atomic mass is 35.5. The zero-order chi connectivity index (χ0) is 21.3. The number of imidazole rings is 1. The molecule has 12 nitrogen and oxygen atoms in total. The van der Waals surface area contributed by atoms with Gasteiger partial charge in [-0.15, -0.1) is 0 Å². The number of nitrogens with zero attached hydrogens (tertiary/aromatic N) is 8. The lowest BCUT2D eigenvalue weighted by Crippen LogP contribution is -2.37. The van der Waals surface area contributed by atoms with Crippen molar-refractivity contribution in [2.45, 2.75) is 6.54 Å². The Morgan fingerprint density at radius 2 is 1.97 bits per heavy atom. The quantitative estimate of drug-likeness (QED) is 0.439. The van der Waals surface area contributed by atoms with Crippen LogP contribution in [0.25, 0.3) is 11.2 Å². The van der Waals surface area contributed by atoms with Crippen LogP contribution < -0.4 is 15.7 Å². The predicted molar refractivity (Wildman–Crippen MR) is 108 cm³/mol. The number of carbonyl (C=O) groups is 1. The summed E-state index contributed by atoms with van der Waals surface area (Å²) >= 11 is 6.18. The average Bonchev–Trinajstić information content (AvgIpc) is 3.08. The van der Waals surface area contributed by atoms with Crippen LogP contribution in [0.15, 0.2) is 12.4 Å². The molecule has 4 rings (SSSR count). The van der Waals surface area contributed by atoms with Gasteiger partial charge in [0, 0.05) is 39.6 Å². The summed E-state index contributed by atoms with van der Waals surface area (Å²) in [5.41, 5.74) is 1.48. The zero-order valence-corrected chi connectivity index (χ0v) is 17.2. The molecule has 1 fully saturated rings. The predicted octanol–water partition coefficient (Wildman–Crippen LogP) is 0.310. The molecule has 1 aliphatic heterocycles. The van der Waals surface area contributed by atoms with Crippen molar-refractivity contribution < 1.29 is 14.4 Å². The molecule has 0 radical (unpaired) electrons. The van der Waals surface area contributed by atoms with E-state index in [1.165, 1.54) is 12.4 Å². The monoisotopic (exact) mass is 433 g/mol. The number of fused-ring (bicyclic) bond motifs is 1. The Morgan fingerprint density at radius 3 is 2.63 bits per heavy atom. The number of aryl methyl sites for hydroxylation is 1. The fourth-order valence-electron chi connectivity index (χ4n) is 3.18. The lowest BCUT2D eigenvalue weighted by molar-refractivity contribution is 0.0502. The van der Waals surface area contributed by atoms with Gasteiger partial charge in [0.2, 0.25) is 11.2 Å². The van der Waals surface area contributed by atoms with Crippen molar-refractivity contribution in [3.63, 3.8) is 0 Å². The molecular weight excluding hydrogens is 414 g/mol. The lowest BCUT2D eigenvalue weighted by Gasteiger charge is -2.27. The largest absolute Gasteiger partial charge is 0.378 e. The van der Waals surface area contributed by atoms with Crippen molar-refractivity contribution in [1.82, 2.24) is 29.5 Å². The van der Waals surface area contributed by atoms with Gasteiger partial charge in [0.1, 0.15) is 5.82 Å². The van der Waals surface area contributed by atoms with Crippen LogP contribution in [0.5, 0.6) is 0 Å². The Balaban J connectivity index is 1.62. The highest BCUT2D eigenvalue weighted by Gasteiger charge is 2.22. The average molecular weight is 434 g/mol. The van der Waals surface area contributed by atoms with Gasteiger partial charge in [-0.05, 0) is 11.6 Å². The van der Waals surface area contributed by atoms with Crippen LogP contribution in [-0.2, 0) is 23.2 Å². The first-order valence-corrected chi connectivity index (χ1v) is 9.51. The lowest BCUT2D eigenvalue weighted by atomic mass is 10.3. The van der Waals surface area contributed by atoms with Crippen molar-refractivity contribution in [3.8, 4) is 0 Å². The van der Waals surface area contributed by atoms with Crippen molar-refractivity contribution in [2.75, 3.05) is 43.2 Å². The number of halogens is 1. The van der Waals surface area contributed by atoms with E-state index >= 15 is 0 Å². The van der Waals surface area contributed by atoms with Crippen LogP contribution in [-0.4, -0.2) is 68.8 Å². The first-order valence-electron chi connectivity index (χ1n) is 9.13. The molecule has 3 aromatic heterocycles. The van der Waals surface area contributed by atoms with Gasteiger partial charge < -0.3 is 23.9 Å². The molecule has 0 atom stereocenters. The van der Waals surface area contributed by atoms with E-state index in [2.05, 4.69) is 29.7 Å². The zero-order valence-electron chi connectivity index (χ0n) is 16.4. The van der Waals surface area contributed by atoms with Crippen LogP contribution >= 0.6 is 11.6 Å². The first-order chi connectivity index (χ1) is 14.5. The molecule has 0 unspecified atom stereocenters. The van der Waals surface area contributed by atoms with E-state index in [0.717, 1.165) is 5.82 Å². The van der Waals surface area contributed by atoms with E-state index in [1.54, 1.807) is 4.90 Å². The summed E-state index contributed by atoms with van der Waals surface area (Å²) in [6, 6.07) is 0. The van der Waals surface area contributed by atoms with E-state index in [9.17, 15) is 4.79 Å². The molecule has 0 spiro atoms. The second-order valence-corrected chi connectivity index (χ2v) is 7.05. The summed E-state index contributed by atoms with van der Waals surface area (Å²) in [5, 5.41) is 0.164. The molecule has 3 aromatic rings. The number of hydrogen-bond donors (Lipinski definition) is 1. The van der Waals surface area contributed by atoms with Gasteiger partial charge in [0.05, 0.1) is 25.3 Å². The third-order valence-electron chi connectivity index (χ3n) is 4.78. The maximum atomic E-state index is 11.4. The summed E-state index contributed by atoms with van der Waals surface area (Å²) in [4.78, 5) is 41.4. The van der Waals surface area contributed by atoms with Gasteiger partial charge in [-0.3, -0.25) is 0 Å². The molecule has 0 aromatic carbocycles. The third kappa shape index (κ3) is 3.84. The summed E-state index contributed by atoms with van der Waals surface area (Å²) in [7, 11) is 3.68. The third-order valence-corrected chi connectivity index (χ3v) is 4.95. The minimum Gasteiger partial charge on any atom is -0.378 e. The van der Waals surface area contributed by atoms with E-state index in [-0.39, 0.29) is 10.8 Å². The number of hydrogen-bond acceptors (Lipinski definition) is 11. The van der Waals surface area contributed by atoms with Crippen LogP contribution in [0.2, 0.25) is 5.28 Å². The van der Waals surface area contributed by atoms with Crippen molar-refractivity contribution in [3.05, 3.63) is 29.1 Å². The van der Waals surface area contributed by atoms with Gasteiger partial charge in [-0.1, -0.05) is 0 Å². The van der Waals surface area contributed by atoms with Crippen molar-refractivity contribution >= 4 is 40.5 Å². The van der Waals surface area contributed by atoms with Crippen LogP contribution in [0.1, 0.15) is 16.2 Å². The molecule has 1 saturated heterocycles. The van der Waals surface area contributed by atoms with E-state index in [4.69, 9.17) is 27.2 Å². The summed E-state index contributed by atoms with van der Waals surface area (Å²) in [6.07, 6.45) is 2.70. The van der Waals surface area contributed by atoms with Gasteiger partial charge in [0.15, 0.2) is 17.0 Å². The number of aromatic nitrogens is 6. The highest BCUT2D eigenvalue weighted by molar-refractivity contribution is 6.28. The Bertz CT molecular complexity index is 1070. The Hall–Kier alpha value is -3.09. The molecular formula is C17H20ClN9O3. The van der Waals surface area contributed by atoms with Crippen molar-refractivity contribution in [1.29, 1.82) is 0 Å². The number of nitrogens with two attached hydrogens (primary N) is 1. The van der Waals surface area contributed by atoms with E-state index < -0.39 is 5.97 Å². The standard InChI is InChI=1S/C17H20ClN9O3/c1-25(17-20-7-10(8-21-17)15(28)30-19)9-11-22-12-13(26(11)2)23-16(18)24-14(12)27-3-5-29-6-4-27/h7-8H,3-6,9,19H2,1-2H3. The van der Waals surface area contributed by atoms with Gasteiger partial charge in [-0.25, -0.2) is 19.7 Å². The van der Waals surface area contributed by atoms with Crippen LogP contribution in [0.4, 0.5) is 11.8 Å². The summed E-state index contributed by atoms with van der Waals surface area (Å²) in [6.45, 7) is 3.06. The Labute approximate surface area is 176 Å². The maximum absolute atomic E-state index is 11.4. The molecule has 30 heavy (non-hydrogen) atoms. The number of ether oxygens (including phenoxy) is 1. The van der Waals surface area contributed by atoms with Crippen LogP contribution in [0.3, 0.4) is 0 Å². The molecule has 0 amide bonds. The number of carbonyl (C=O) groups excluding carboxylic acids is 1. The molecule has 158 valence electrons. The Kier molecular flexibility index (Phi) is 5.61. The van der Waals surface area contributed by atoms with Gasteiger partial charge in [0.25, 0.3) is 0 Å². The normalized spacial score (nSPS) is 14.2. The summed E-state index contributed by atoms with van der Waals surface area (Å²) in [5.74, 6) is 6.01. The number of morpholine rings is 1. The van der Waals surface area contributed by atoms with E-state index in [1.807, 2.05) is 18.7 Å². The molecule has 1 aliphatic rings. The minimum atomic E-state index is -0.703. The molecule has 13 heteroatoms. The molecule has 0 bridgehead atoms. The molecule has 4 heterocycles. The Morgan fingerprint density at radius 1 is 1.27 bits per heavy atom. The van der Waals surface area contributed by atoms with Crippen LogP contribution in [0, 0.1) is 0 Å². The second-order valence-electron chi connectivity index (χ2n) is 6.71. The SMILES string of the molecule is CN(Cc1nc2c(N3CCOCC3)nc(Cl)nc2n1C)c1ncc(C(=O)ON)cn1. The fraction of sp³-hybridized carbons (Fsp3) is 0.412. The minimum absolute atomic E-state index is 0.164. The highest BCUT2D eigenvalue weighted by Crippen LogP contribution is 2.26. The first kappa shape index (κ1) is 20.2. The second kappa shape index (κ2) is 8.34. The van der Waals surface area contributed by atoms with Gasteiger partial charge in [-0.2, -0.15) is 15.9 Å². The number of rotatable bonds is 5. The topological polar surface area (TPSA) is 137 Å². The summed E-state index contributed by atoms with van der Waals surface area (Å²) < 4.78 is 7.29. The van der Waals surface area contributed by atoms with Gasteiger partial charge >= 0.3 is 5.97 Å². The van der Waals surface area contributed by atoms with E-state index in [0.29, 0.717) is 55.8 Å². The smallest absolute Gasteiger partial charge is 0.359 e. The maximum Gasteiger partial charge on any atom is 0.359 e. The molecule has 0 saturated carbocycles.